The molecule has 1 N–H and O–H groups in total. The molecule has 1 aliphatic rings. The molecule has 2 rings (SSSR count). The van der Waals surface area contributed by atoms with Crippen molar-refractivity contribution in [2.75, 3.05) is 13.7 Å². The van der Waals surface area contributed by atoms with Crippen molar-refractivity contribution in [1.82, 2.24) is 5.32 Å². The van der Waals surface area contributed by atoms with Crippen LogP contribution in [0, 0.1) is 5.92 Å². The fraction of sp³-hybridized carbons (Fsp3) is 0.692. The summed E-state index contributed by atoms with van der Waals surface area (Å²) in [6.07, 6.45) is 4.01. The Hall–Kier alpha value is -0.380. The van der Waals surface area contributed by atoms with Gasteiger partial charge in [0.25, 0.3) is 0 Å². The zero-order valence-corrected chi connectivity index (χ0v) is 10.9. The van der Waals surface area contributed by atoms with E-state index in [1.165, 1.54) is 24.8 Å². The highest BCUT2D eigenvalue weighted by molar-refractivity contribution is 7.07. The number of hydrogen-bond acceptors (Lipinski definition) is 3. The van der Waals surface area contributed by atoms with Crippen molar-refractivity contribution < 1.29 is 4.74 Å². The van der Waals surface area contributed by atoms with Crippen molar-refractivity contribution in [2.45, 2.75) is 38.3 Å². The molecule has 2 nitrogen and oxygen atoms in total. The summed E-state index contributed by atoms with van der Waals surface area (Å²) in [6.45, 7) is 3.13. The lowest BCUT2D eigenvalue weighted by atomic mass is 9.89. The molecule has 1 aliphatic heterocycles. The summed E-state index contributed by atoms with van der Waals surface area (Å²) in [6, 6.07) is 2.82. The molecule has 0 saturated carbocycles. The number of nitrogens with one attached hydrogen (secondary N) is 1. The molecule has 16 heavy (non-hydrogen) atoms. The summed E-state index contributed by atoms with van der Waals surface area (Å²) < 4.78 is 5.65. The second kappa shape index (κ2) is 5.80. The van der Waals surface area contributed by atoms with Gasteiger partial charge in [0, 0.05) is 18.6 Å². The van der Waals surface area contributed by atoms with Crippen molar-refractivity contribution >= 4 is 11.3 Å². The van der Waals surface area contributed by atoms with Crippen LogP contribution in [0.2, 0.25) is 0 Å². The number of rotatable bonds is 5. The van der Waals surface area contributed by atoms with Gasteiger partial charge in [0.1, 0.15) is 0 Å². The maximum absolute atomic E-state index is 5.65. The van der Waals surface area contributed by atoms with Crippen molar-refractivity contribution in [3.63, 3.8) is 0 Å². The van der Waals surface area contributed by atoms with E-state index >= 15 is 0 Å². The second-order valence-electron chi connectivity index (χ2n) is 4.59. The molecular formula is C13H21NOS. The van der Waals surface area contributed by atoms with E-state index in [9.17, 15) is 0 Å². The lowest BCUT2D eigenvalue weighted by Crippen LogP contribution is -2.37. The van der Waals surface area contributed by atoms with Gasteiger partial charge in [-0.1, -0.05) is 0 Å². The average Bonchev–Trinajstić information content (AvgIpc) is 2.92. The summed E-state index contributed by atoms with van der Waals surface area (Å²) in [7, 11) is 2.07. The van der Waals surface area contributed by atoms with E-state index in [0.717, 1.165) is 6.61 Å². The molecule has 3 unspecified atom stereocenters. The topological polar surface area (TPSA) is 21.3 Å². The van der Waals surface area contributed by atoms with Gasteiger partial charge >= 0.3 is 0 Å². The van der Waals surface area contributed by atoms with Crippen molar-refractivity contribution in [1.29, 1.82) is 0 Å². The van der Waals surface area contributed by atoms with Crippen LogP contribution in [0.25, 0.3) is 0 Å². The summed E-state index contributed by atoms with van der Waals surface area (Å²) >= 11 is 1.79. The Balaban J connectivity index is 1.85. The van der Waals surface area contributed by atoms with Crippen LogP contribution < -0.4 is 5.32 Å². The van der Waals surface area contributed by atoms with Gasteiger partial charge in [-0.05, 0) is 55.6 Å². The standard InChI is InChI=1S/C13H21NOS/c1-10-12(5-7-15-10)13(14-2)4-3-11-6-8-16-9-11/h6,8-10,12-14H,3-5,7H2,1-2H3. The molecule has 1 aromatic rings. The molecule has 90 valence electrons. The van der Waals surface area contributed by atoms with E-state index in [-0.39, 0.29) is 0 Å². The highest BCUT2D eigenvalue weighted by atomic mass is 32.1. The quantitative estimate of drug-likeness (QED) is 0.853. The molecular weight excluding hydrogens is 218 g/mol. The van der Waals surface area contributed by atoms with Crippen LogP contribution in [0.15, 0.2) is 16.8 Å². The third-order valence-electron chi connectivity index (χ3n) is 3.65. The minimum absolute atomic E-state index is 0.417. The van der Waals surface area contributed by atoms with Gasteiger partial charge in [-0.2, -0.15) is 11.3 Å². The minimum Gasteiger partial charge on any atom is -0.378 e. The van der Waals surface area contributed by atoms with E-state index in [1.807, 2.05) is 0 Å². The molecule has 0 radical (unpaired) electrons. The van der Waals surface area contributed by atoms with Crippen LogP contribution in [-0.2, 0) is 11.2 Å². The first-order valence-electron chi connectivity index (χ1n) is 6.11. The highest BCUT2D eigenvalue weighted by Gasteiger charge is 2.30. The largest absolute Gasteiger partial charge is 0.378 e. The molecule has 1 aromatic heterocycles. The molecule has 1 fully saturated rings. The predicted octanol–water partition coefficient (Wildman–Crippen LogP) is 2.69. The molecule has 0 amide bonds. The SMILES string of the molecule is CNC(CCc1ccsc1)C1CCOC1C. The zero-order chi connectivity index (χ0) is 11.4. The van der Waals surface area contributed by atoms with Crippen molar-refractivity contribution in [2.24, 2.45) is 5.92 Å². The van der Waals surface area contributed by atoms with Gasteiger partial charge in [-0.3, -0.25) is 0 Å². The first-order chi connectivity index (χ1) is 7.81. The van der Waals surface area contributed by atoms with Crippen molar-refractivity contribution in [3.8, 4) is 0 Å². The number of hydrogen-bond donors (Lipinski definition) is 1. The Morgan fingerprint density at radius 3 is 3.06 bits per heavy atom. The van der Waals surface area contributed by atoms with Crippen LogP contribution >= 0.6 is 11.3 Å². The van der Waals surface area contributed by atoms with Gasteiger partial charge in [0.05, 0.1) is 6.10 Å². The van der Waals surface area contributed by atoms with Crippen LogP contribution in [0.4, 0.5) is 0 Å². The van der Waals surface area contributed by atoms with Crippen LogP contribution in [0.5, 0.6) is 0 Å². The van der Waals surface area contributed by atoms with Gasteiger partial charge in [0.2, 0.25) is 0 Å². The summed E-state index contributed by atoms with van der Waals surface area (Å²) in [5.74, 6) is 0.684. The smallest absolute Gasteiger partial charge is 0.0590 e. The Morgan fingerprint density at radius 2 is 2.50 bits per heavy atom. The first kappa shape index (κ1) is 12.1. The van der Waals surface area contributed by atoms with E-state index < -0.39 is 0 Å². The fourth-order valence-corrected chi connectivity index (χ4v) is 3.31. The molecule has 1 saturated heterocycles. The summed E-state index contributed by atoms with van der Waals surface area (Å²) in [5, 5.41) is 7.87. The average molecular weight is 239 g/mol. The monoisotopic (exact) mass is 239 g/mol. The van der Waals surface area contributed by atoms with Crippen molar-refractivity contribution in [3.05, 3.63) is 22.4 Å². The third kappa shape index (κ3) is 2.84. The Morgan fingerprint density at radius 1 is 1.62 bits per heavy atom. The van der Waals surface area contributed by atoms with E-state index in [2.05, 4.69) is 36.1 Å². The predicted molar refractivity (Wildman–Crippen MR) is 69.0 cm³/mol. The Kier molecular flexibility index (Phi) is 4.38. The fourth-order valence-electron chi connectivity index (χ4n) is 2.61. The molecule has 0 bridgehead atoms. The van der Waals surface area contributed by atoms with Gasteiger partial charge in [-0.25, -0.2) is 0 Å². The number of ether oxygens (including phenoxy) is 1. The normalized spacial score (nSPS) is 27.1. The molecule has 0 aromatic carbocycles. The first-order valence-corrected chi connectivity index (χ1v) is 7.05. The summed E-state index contributed by atoms with van der Waals surface area (Å²) in [5.41, 5.74) is 1.47. The summed E-state index contributed by atoms with van der Waals surface area (Å²) in [4.78, 5) is 0. The van der Waals surface area contributed by atoms with Crippen LogP contribution in [0.3, 0.4) is 0 Å². The minimum atomic E-state index is 0.417. The van der Waals surface area contributed by atoms with E-state index in [1.54, 1.807) is 11.3 Å². The van der Waals surface area contributed by atoms with Gasteiger partial charge < -0.3 is 10.1 Å². The van der Waals surface area contributed by atoms with Crippen LogP contribution in [-0.4, -0.2) is 25.8 Å². The molecule has 0 aliphatic carbocycles. The Labute approximate surface area is 102 Å². The molecule has 0 spiro atoms. The molecule has 3 heteroatoms. The number of thiophene rings is 1. The zero-order valence-electron chi connectivity index (χ0n) is 10.1. The van der Waals surface area contributed by atoms with E-state index in [4.69, 9.17) is 4.74 Å². The molecule has 3 atom stereocenters. The molecule has 2 heterocycles. The number of aryl methyl sites for hydroxylation is 1. The van der Waals surface area contributed by atoms with E-state index in [0.29, 0.717) is 18.1 Å². The van der Waals surface area contributed by atoms with Crippen LogP contribution in [0.1, 0.15) is 25.3 Å². The Bertz CT molecular complexity index is 299. The maximum atomic E-state index is 5.65. The highest BCUT2D eigenvalue weighted by Crippen LogP contribution is 2.26. The second-order valence-corrected chi connectivity index (χ2v) is 5.37. The lowest BCUT2D eigenvalue weighted by molar-refractivity contribution is 0.0953. The lowest BCUT2D eigenvalue weighted by Gasteiger charge is -2.25. The van der Waals surface area contributed by atoms with Gasteiger partial charge in [0.15, 0.2) is 0 Å². The maximum Gasteiger partial charge on any atom is 0.0590 e. The van der Waals surface area contributed by atoms with Gasteiger partial charge in [-0.15, -0.1) is 0 Å². The third-order valence-corrected chi connectivity index (χ3v) is 4.38.